The highest BCUT2D eigenvalue weighted by Crippen LogP contribution is 2.40. The fraction of sp³-hybridized carbons (Fsp3) is 0.167. The number of anilines is 1. The quantitative estimate of drug-likeness (QED) is 0.866. The fourth-order valence-corrected chi connectivity index (χ4v) is 1.96. The molecule has 1 aromatic carbocycles. The topological polar surface area (TPSA) is 48.4 Å². The second-order valence-electron chi connectivity index (χ2n) is 3.58. The normalized spacial score (nSPS) is 10.7. The Labute approximate surface area is 98.4 Å². The number of nitrogens with two attached hydrogens (primary N) is 1. The number of furan rings is 1. The number of rotatable bonds is 2. The lowest BCUT2D eigenvalue weighted by Crippen LogP contribution is -1.89. The maximum atomic E-state index is 6.17. The maximum Gasteiger partial charge on any atom is 0.153 e. The van der Waals surface area contributed by atoms with Crippen molar-refractivity contribution in [2.75, 3.05) is 12.8 Å². The average Bonchev–Trinajstić information content (AvgIpc) is 2.57. The van der Waals surface area contributed by atoms with E-state index >= 15 is 0 Å². The zero-order valence-electron chi connectivity index (χ0n) is 9.13. The zero-order valence-corrected chi connectivity index (χ0v) is 9.89. The molecule has 3 nitrogen and oxygen atoms in total. The van der Waals surface area contributed by atoms with Gasteiger partial charge in [-0.3, -0.25) is 0 Å². The van der Waals surface area contributed by atoms with Gasteiger partial charge in [-0.25, -0.2) is 0 Å². The van der Waals surface area contributed by atoms with E-state index in [9.17, 15) is 0 Å². The zero-order chi connectivity index (χ0) is 11.9. The van der Waals surface area contributed by atoms with E-state index in [1.165, 1.54) is 0 Å². The van der Waals surface area contributed by atoms with Gasteiger partial charge in [-0.05, 0) is 24.6 Å². The molecular formula is C12H12ClNO2. The lowest BCUT2D eigenvalue weighted by Gasteiger charge is -2.02. The minimum absolute atomic E-state index is 0.466. The molecule has 0 amide bonds. The van der Waals surface area contributed by atoms with Gasteiger partial charge in [-0.1, -0.05) is 18.2 Å². The van der Waals surface area contributed by atoms with Gasteiger partial charge in [0.15, 0.2) is 5.76 Å². The maximum absolute atomic E-state index is 6.17. The van der Waals surface area contributed by atoms with Crippen molar-refractivity contribution in [1.82, 2.24) is 0 Å². The van der Waals surface area contributed by atoms with E-state index in [-0.39, 0.29) is 0 Å². The van der Waals surface area contributed by atoms with Crippen molar-refractivity contribution in [2.24, 2.45) is 0 Å². The third-order valence-corrected chi connectivity index (χ3v) is 2.78. The summed E-state index contributed by atoms with van der Waals surface area (Å²) in [5.74, 6) is 1.15. The molecule has 0 atom stereocenters. The van der Waals surface area contributed by atoms with Crippen LogP contribution in [0.5, 0.6) is 5.75 Å². The van der Waals surface area contributed by atoms with Crippen LogP contribution in [0, 0.1) is 0 Å². The highest BCUT2D eigenvalue weighted by atomic mass is 35.5. The van der Waals surface area contributed by atoms with Crippen molar-refractivity contribution < 1.29 is 9.15 Å². The largest absolute Gasteiger partial charge is 0.495 e. The molecule has 0 saturated heterocycles. The summed E-state index contributed by atoms with van der Waals surface area (Å²) in [5, 5.41) is 1.15. The van der Waals surface area contributed by atoms with Gasteiger partial charge < -0.3 is 14.9 Å². The van der Waals surface area contributed by atoms with E-state index < -0.39 is 0 Å². The van der Waals surface area contributed by atoms with Crippen molar-refractivity contribution in [2.45, 2.75) is 6.92 Å². The van der Waals surface area contributed by atoms with E-state index in [0.29, 0.717) is 33.2 Å². The minimum atomic E-state index is 0.466. The van der Waals surface area contributed by atoms with Crippen LogP contribution < -0.4 is 10.5 Å². The van der Waals surface area contributed by atoms with E-state index in [1.807, 2.05) is 6.92 Å². The van der Waals surface area contributed by atoms with Crippen LogP contribution in [0.15, 0.2) is 23.1 Å². The molecule has 0 aliphatic carbocycles. The van der Waals surface area contributed by atoms with Crippen LogP contribution >= 0.6 is 11.6 Å². The number of hydrogen-bond acceptors (Lipinski definition) is 3. The van der Waals surface area contributed by atoms with Crippen molar-refractivity contribution in [3.05, 3.63) is 29.5 Å². The van der Waals surface area contributed by atoms with Gasteiger partial charge in [0.1, 0.15) is 11.3 Å². The first-order valence-electron chi connectivity index (χ1n) is 4.76. The van der Waals surface area contributed by atoms with Crippen LogP contribution in [0.3, 0.4) is 0 Å². The summed E-state index contributed by atoms with van der Waals surface area (Å²) < 4.78 is 10.7. The summed E-state index contributed by atoms with van der Waals surface area (Å²) in [7, 11) is 1.56. The number of halogens is 1. The number of methoxy groups -OCH3 is 1. The summed E-state index contributed by atoms with van der Waals surface area (Å²) in [6.45, 7) is 5.64. The molecule has 0 radical (unpaired) electrons. The first-order valence-corrected chi connectivity index (χ1v) is 5.14. The Morgan fingerprint density at radius 1 is 1.50 bits per heavy atom. The molecule has 1 aromatic heterocycles. The summed E-state index contributed by atoms with van der Waals surface area (Å²) in [5.41, 5.74) is 7.88. The molecule has 84 valence electrons. The monoisotopic (exact) mass is 237 g/mol. The van der Waals surface area contributed by atoms with E-state index in [4.69, 9.17) is 26.5 Å². The molecule has 0 saturated carbocycles. The van der Waals surface area contributed by atoms with Crippen LogP contribution in [0.2, 0.25) is 5.02 Å². The van der Waals surface area contributed by atoms with Crippen molar-refractivity contribution in [1.29, 1.82) is 0 Å². The van der Waals surface area contributed by atoms with Gasteiger partial charge in [0.25, 0.3) is 0 Å². The lowest BCUT2D eigenvalue weighted by atomic mass is 10.1. The molecule has 2 aromatic rings. The third kappa shape index (κ3) is 1.44. The van der Waals surface area contributed by atoms with Crippen LogP contribution in [0.4, 0.5) is 5.69 Å². The van der Waals surface area contributed by atoms with Gasteiger partial charge in [0.05, 0.1) is 23.2 Å². The Morgan fingerprint density at radius 3 is 2.75 bits per heavy atom. The summed E-state index contributed by atoms with van der Waals surface area (Å²) in [4.78, 5) is 0. The molecule has 0 bridgehead atoms. The number of fused-ring (bicyclic) bond motifs is 1. The summed E-state index contributed by atoms with van der Waals surface area (Å²) in [6, 6.07) is 3.53. The molecule has 0 aliphatic rings. The molecule has 16 heavy (non-hydrogen) atoms. The molecule has 2 N–H and O–H groups in total. The van der Waals surface area contributed by atoms with Gasteiger partial charge >= 0.3 is 0 Å². The second-order valence-corrected chi connectivity index (χ2v) is 3.96. The average molecular weight is 238 g/mol. The number of allylic oxidation sites excluding steroid dienone is 1. The SMILES string of the molecule is C=C(C)c1oc2ccc(OC)c(Cl)c2c1N. The Balaban J connectivity index is 2.83. The standard InChI is InChI=1S/C12H12ClNO2/c1-6(2)12-11(14)9-7(16-12)4-5-8(15-3)10(9)13/h4-5H,1,14H2,2-3H3. The van der Waals surface area contributed by atoms with Crippen LogP contribution in [-0.2, 0) is 0 Å². The third-order valence-electron chi connectivity index (χ3n) is 2.40. The summed E-state index contributed by atoms with van der Waals surface area (Å²) in [6.07, 6.45) is 0. The minimum Gasteiger partial charge on any atom is -0.495 e. The highest BCUT2D eigenvalue weighted by Gasteiger charge is 2.17. The van der Waals surface area contributed by atoms with E-state index in [2.05, 4.69) is 6.58 Å². The predicted octanol–water partition coefficient (Wildman–Crippen LogP) is 3.71. The Hall–Kier alpha value is -1.61. The van der Waals surface area contributed by atoms with Gasteiger partial charge in [-0.15, -0.1) is 0 Å². The Morgan fingerprint density at radius 2 is 2.19 bits per heavy atom. The van der Waals surface area contributed by atoms with Gasteiger partial charge in [0, 0.05) is 0 Å². The first kappa shape index (κ1) is 10.9. The van der Waals surface area contributed by atoms with E-state index in [1.54, 1.807) is 19.2 Å². The van der Waals surface area contributed by atoms with Crippen LogP contribution in [-0.4, -0.2) is 7.11 Å². The molecule has 0 fully saturated rings. The van der Waals surface area contributed by atoms with E-state index in [0.717, 1.165) is 5.57 Å². The second kappa shape index (κ2) is 3.76. The molecule has 4 heteroatoms. The highest BCUT2D eigenvalue weighted by molar-refractivity contribution is 6.38. The number of benzene rings is 1. The number of ether oxygens (including phenoxy) is 1. The van der Waals surface area contributed by atoms with Crippen LogP contribution in [0.25, 0.3) is 16.5 Å². The predicted molar refractivity (Wildman–Crippen MR) is 66.9 cm³/mol. The number of nitrogen functional groups attached to an aromatic ring is 1. The first-order chi connectivity index (χ1) is 7.56. The lowest BCUT2D eigenvalue weighted by molar-refractivity contribution is 0.415. The molecule has 2 rings (SSSR count). The number of hydrogen-bond donors (Lipinski definition) is 1. The molecule has 0 unspecified atom stereocenters. The van der Waals surface area contributed by atoms with Crippen molar-refractivity contribution in [3.8, 4) is 5.75 Å². The van der Waals surface area contributed by atoms with Gasteiger partial charge in [0.2, 0.25) is 0 Å². The van der Waals surface area contributed by atoms with Crippen molar-refractivity contribution >= 4 is 33.8 Å². The fourth-order valence-electron chi connectivity index (χ4n) is 1.63. The Bertz CT molecular complexity index is 572. The smallest absolute Gasteiger partial charge is 0.153 e. The molecule has 0 spiro atoms. The van der Waals surface area contributed by atoms with Crippen LogP contribution in [0.1, 0.15) is 12.7 Å². The molecular weight excluding hydrogens is 226 g/mol. The Kier molecular flexibility index (Phi) is 2.56. The molecule has 0 aliphatic heterocycles. The van der Waals surface area contributed by atoms with Gasteiger partial charge in [-0.2, -0.15) is 0 Å². The summed E-state index contributed by atoms with van der Waals surface area (Å²) >= 11 is 6.17. The molecule has 1 heterocycles. The van der Waals surface area contributed by atoms with Crippen molar-refractivity contribution in [3.63, 3.8) is 0 Å².